The zero-order valence-corrected chi connectivity index (χ0v) is 9.27. The van der Waals surface area contributed by atoms with Gasteiger partial charge < -0.3 is 5.73 Å². The van der Waals surface area contributed by atoms with Crippen LogP contribution in [0, 0.1) is 5.41 Å². The van der Waals surface area contributed by atoms with Crippen molar-refractivity contribution in [2.24, 2.45) is 5.73 Å². The Kier molecular flexibility index (Phi) is 2.51. The first-order valence-electron chi connectivity index (χ1n) is 4.17. The first kappa shape index (κ1) is 9.85. The van der Waals surface area contributed by atoms with Crippen molar-refractivity contribution in [3.63, 3.8) is 0 Å². The highest BCUT2D eigenvalue weighted by molar-refractivity contribution is 9.10. The Morgan fingerprint density at radius 3 is 2.80 bits per heavy atom. The van der Waals surface area contributed by atoms with Gasteiger partial charge in [0.25, 0.3) is 0 Å². The standard InChI is InChI=1S/C9H8BrN5/c10-8-3-6(15-5-13-4-14-15)1-2-7(8)9(11)12/h1-5H,(H3,11,12). The highest BCUT2D eigenvalue weighted by atomic mass is 79.9. The van der Waals surface area contributed by atoms with Gasteiger partial charge in [-0.3, -0.25) is 5.41 Å². The second kappa shape index (κ2) is 3.82. The van der Waals surface area contributed by atoms with E-state index in [1.54, 1.807) is 17.1 Å². The number of hydrogen-bond acceptors (Lipinski definition) is 3. The van der Waals surface area contributed by atoms with Crippen LogP contribution >= 0.6 is 15.9 Å². The summed E-state index contributed by atoms with van der Waals surface area (Å²) in [5, 5.41) is 11.3. The second-order valence-electron chi connectivity index (χ2n) is 2.92. The van der Waals surface area contributed by atoms with Crippen LogP contribution in [0.1, 0.15) is 5.56 Å². The van der Waals surface area contributed by atoms with Crippen molar-refractivity contribution < 1.29 is 0 Å². The summed E-state index contributed by atoms with van der Waals surface area (Å²) in [5.74, 6) is 0.0343. The van der Waals surface area contributed by atoms with Crippen LogP contribution in [0.25, 0.3) is 5.69 Å². The zero-order valence-electron chi connectivity index (χ0n) is 7.68. The zero-order chi connectivity index (χ0) is 10.8. The lowest BCUT2D eigenvalue weighted by Crippen LogP contribution is -2.12. The lowest BCUT2D eigenvalue weighted by molar-refractivity contribution is 0.878. The molecule has 0 saturated heterocycles. The van der Waals surface area contributed by atoms with Crippen LogP contribution < -0.4 is 5.73 Å². The number of nitrogen functional groups attached to an aromatic ring is 1. The molecule has 76 valence electrons. The van der Waals surface area contributed by atoms with Gasteiger partial charge in [-0.2, -0.15) is 5.10 Å². The van der Waals surface area contributed by atoms with E-state index in [1.807, 2.05) is 12.1 Å². The number of aromatic nitrogens is 3. The minimum atomic E-state index is 0.0343. The molecule has 1 heterocycles. The summed E-state index contributed by atoms with van der Waals surface area (Å²) < 4.78 is 2.40. The van der Waals surface area contributed by atoms with Gasteiger partial charge >= 0.3 is 0 Å². The number of rotatable bonds is 2. The van der Waals surface area contributed by atoms with Crippen LogP contribution in [0.15, 0.2) is 35.3 Å². The van der Waals surface area contributed by atoms with Crippen LogP contribution in [-0.2, 0) is 0 Å². The molecule has 0 aliphatic carbocycles. The van der Waals surface area contributed by atoms with E-state index in [1.165, 1.54) is 6.33 Å². The smallest absolute Gasteiger partial charge is 0.138 e. The molecule has 0 spiro atoms. The Morgan fingerprint density at radius 2 is 2.27 bits per heavy atom. The van der Waals surface area contributed by atoms with Gasteiger partial charge in [-0.25, -0.2) is 9.67 Å². The molecule has 2 rings (SSSR count). The average molecular weight is 266 g/mol. The highest BCUT2D eigenvalue weighted by Gasteiger charge is 2.05. The summed E-state index contributed by atoms with van der Waals surface area (Å²) in [6.07, 6.45) is 3.07. The molecular weight excluding hydrogens is 258 g/mol. The van der Waals surface area contributed by atoms with E-state index in [0.717, 1.165) is 10.2 Å². The maximum atomic E-state index is 7.33. The molecule has 0 radical (unpaired) electrons. The Morgan fingerprint density at radius 1 is 1.47 bits per heavy atom. The number of benzene rings is 1. The number of nitrogens with one attached hydrogen (secondary N) is 1. The molecule has 0 fully saturated rings. The van der Waals surface area contributed by atoms with E-state index in [0.29, 0.717) is 5.56 Å². The van der Waals surface area contributed by atoms with Crippen LogP contribution in [0.3, 0.4) is 0 Å². The van der Waals surface area contributed by atoms with Crippen molar-refractivity contribution in [2.75, 3.05) is 0 Å². The summed E-state index contributed by atoms with van der Waals surface area (Å²) in [6, 6.07) is 5.44. The molecule has 3 N–H and O–H groups in total. The molecule has 0 aliphatic rings. The molecule has 1 aromatic carbocycles. The van der Waals surface area contributed by atoms with Gasteiger partial charge in [0, 0.05) is 10.0 Å². The van der Waals surface area contributed by atoms with Crippen LogP contribution in [0.2, 0.25) is 0 Å². The summed E-state index contributed by atoms with van der Waals surface area (Å²) in [5.41, 5.74) is 6.93. The third-order valence-corrected chi connectivity index (χ3v) is 2.58. The molecule has 5 nitrogen and oxygen atoms in total. The minimum Gasteiger partial charge on any atom is -0.384 e. The van der Waals surface area contributed by atoms with E-state index in [4.69, 9.17) is 11.1 Å². The third kappa shape index (κ3) is 1.89. The molecule has 2 aromatic rings. The van der Waals surface area contributed by atoms with E-state index in [9.17, 15) is 0 Å². The van der Waals surface area contributed by atoms with Gasteiger partial charge in [0.15, 0.2) is 0 Å². The molecule has 0 aliphatic heterocycles. The summed E-state index contributed by atoms with van der Waals surface area (Å²) >= 11 is 3.35. The largest absolute Gasteiger partial charge is 0.384 e. The minimum absolute atomic E-state index is 0.0343. The van der Waals surface area contributed by atoms with Crippen molar-refractivity contribution >= 4 is 21.8 Å². The van der Waals surface area contributed by atoms with Crippen molar-refractivity contribution in [3.8, 4) is 5.69 Å². The van der Waals surface area contributed by atoms with Crippen molar-refractivity contribution in [3.05, 3.63) is 40.9 Å². The topological polar surface area (TPSA) is 80.6 Å². The van der Waals surface area contributed by atoms with Crippen LogP contribution in [0.4, 0.5) is 0 Å². The van der Waals surface area contributed by atoms with Gasteiger partial charge in [-0.15, -0.1) is 0 Å². The Balaban J connectivity index is 2.47. The lowest BCUT2D eigenvalue weighted by atomic mass is 10.2. The summed E-state index contributed by atoms with van der Waals surface area (Å²) in [7, 11) is 0. The maximum absolute atomic E-state index is 7.33. The van der Waals surface area contributed by atoms with E-state index in [-0.39, 0.29) is 5.84 Å². The highest BCUT2D eigenvalue weighted by Crippen LogP contribution is 2.19. The van der Waals surface area contributed by atoms with E-state index >= 15 is 0 Å². The van der Waals surface area contributed by atoms with E-state index in [2.05, 4.69) is 26.0 Å². The first-order valence-corrected chi connectivity index (χ1v) is 4.97. The summed E-state index contributed by atoms with van der Waals surface area (Å²) in [4.78, 5) is 3.86. The van der Waals surface area contributed by atoms with Crippen molar-refractivity contribution in [1.82, 2.24) is 14.8 Å². The fourth-order valence-electron chi connectivity index (χ4n) is 1.21. The molecule has 15 heavy (non-hydrogen) atoms. The summed E-state index contributed by atoms with van der Waals surface area (Å²) in [6.45, 7) is 0. The number of halogens is 1. The predicted molar refractivity (Wildman–Crippen MR) is 60.1 cm³/mol. The van der Waals surface area contributed by atoms with Gasteiger partial charge in [0.1, 0.15) is 18.5 Å². The number of nitrogens with two attached hydrogens (primary N) is 1. The lowest BCUT2D eigenvalue weighted by Gasteiger charge is -2.05. The van der Waals surface area contributed by atoms with Gasteiger partial charge in [0.05, 0.1) is 5.69 Å². The fourth-order valence-corrected chi connectivity index (χ4v) is 1.79. The number of hydrogen-bond donors (Lipinski definition) is 2. The third-order valence-electron chi connectivity index (χ3n) is 1.93. The molecule has 0 bridgehead atoms. The van der Waals surface area contributed by atoms with E-state index < -0.39 is 0 Å². The molecule has 0 saturated carbocycles. The molecule has 0 unspecified atom stereocenters. The van der Waals surface area contributed by atoms with Gasteiger partial charge in [0.2, 0.25) is 0 Å². The van der Waals surface area contributed by atoms with Crippen molar-refractivity contribution in [2.45, 2.75) is 0 Å². The number of amidine groups is 1. The normalized spacial score (nSPS) is 10.2. The monoisotopic (exact) mass is 265 g/mol. The van der Waals surface area contributed by atoms with Crippen LogP contribution in [-0.4, -0.2) is 20.6 Å². The molecule has 0 amide bonds. The van der Waals surface area contributed by atoms with Crippen molar-refractivity contribution in [1.29, 1.82) is 5.41 Å². The molecular formula is C9H8BrN5. The SMILES string of the molecule is N=C(N)c1ccc(-n2cncn2)cc1Br. The molecule has 1 aromatic heterocycles. The molecule has 0 atom stereocenters. The fraction of sp³-hybridized carbons (Fsp3) is 0. The first-order chi connectivity index (χ1) is 7.18. The predicted octanol–water partition coefficient (Wildman–Crippen LogP) is 1.31. The van der Waals surface area contributed by atoms with Gasteiger partial charge in [-0.05, 0) is 34.1 Å². The quantitative estimate of drug-likeness (QED) is 0.635. The second-order valence-corrected chi connectivity index (χ2v) is 3.77. The molecule has 6 heteroatoms. The van der Waals surface area contributed by atoms with Crippen LogP contribution in [0.5, 0.6) is 0 Å². The average Bonchev–Trinajstić information content (AvgIpc) is 2.69. The maximum Gasteiger partial charge on any atom is 0.138 e. The Bertz CT molecular complexity index is 491. The Hall–Kier alpha value is -1.69. The number of nitrogens with zero attached hydrogens (tertiary/aromatic N) is 3. The van der Waals surface area contributed by atoms with Gasteiger partial charge in [-0.1, -0.05) is 0 Å². The Labute approximate surface area is 94.6 Å².